The number of rotatable bonds is 8. The molecule has 3 amide bonds. The second kappa shape index (κ2) is 13.6. The molecule has 42 heavy (non-hydrogen) atoms. The summed E-state index contributed by atoms with van der Waals surface area (Å²) in [4.78, 5) is 45.7. The molecule has 0 radical (unpaired) electrons. The Kier molecular flexibility index (Phi) is 10.6. The molecule has 0 aromatic heterocycles. The summed E-state index contributed by atoms with van der Waals surface area (Å²) < 4.78 is 13.5. The van der Waals surface area contributed by atoms with Gasteiger partial charge in [0.2, 0.25) is 17.7 Å². The van der Waals surface area contributed by atoms with E-state index in [2.05, 4.69) is 22.6 Å². The largest absolute Gasteiger partial charge is 0.351 e. The first-order valence-electron chi connectivity index (χ1n) is 16.4. The highest BCUT2D eigenvalue weighted by Gasteiger charge is 2.49. The van der Waals surface area contributed by atoms with Crippen molar-refractivity contribution >= 4 is 17.7 Å². The van der Waals surface area contributed by atoms with Gasteiger partial charge in [-0.3, -0.25) is 14.4 Å². The predicted molar refractivity (Wildman–Crippen MR) is 165 cm³/mol. The van der Waals surface area contributed by atoms with Gasteiger partial charge in [-0.1, -0.05) is 30.9 Å². The van der Waals surface area contributed by atoms with Crippen LogP contribution in [-0.2, 0) is 14.4 Å². The van der Waals surface area contributed by atoms with Crippen molar-refractivity contribution in [2.45, 2.75) is 123 Å². The van der Waals surface area contributed by atoms with E-state index in [1.807, 2.05) is 32.6 Å². The molecule has 8 heteroatoms. The molecule has 0 aromatic rings. The maximum absolute atomic E-state index is 14.1. The molecule has 2 N–H and O–H groups in total. The van der Waals surface area contributed by atoms with Crippen LogP contribution >= 0.6 is 0 Å². The van der Waals surface area contributed by atoms with Crippen molar-refractivity contribution in [3.8, 4) is 0 Å². The van der Waals surface area contributed by atoms with Crippen molar-refractivity contribution in [2.24, 2.45) is 23.2 Å². The molecule has 0 spiro atoms. The Morgan fingerprint density at radius 2 is 1.67 bits per heavy atom. The Morgan fingerprint density at radius 1 is 1.00 bits per heavy atom. The van der Waals surface area contributed by atoms with Crippen LogP contribution in [0.5, 0.6) is 0 Å². The number of nitrogens with one attached hydrogen (secondary N) is 2. The molecular formula is C34H55FN4O3. The van der Waals surface area contributed by atoms with Crippen LogP contribution in [0.15, 0.2) is 23.6 Å². The Hall–Kier alpha value is -2.22. The lowest BCUT2D eigenvalue weighted by Gasteiger charge is -2.48. The normalized spacial score (nSPS) is 28.4. The number of fused-ring (bicyclic) bond motifs is 3. The van der Waals surface area contributed by atoms with Crippen LogP contribution in [0.3, 0.4) is 0 Å². The Balaban J connectivity index is 1.50. The molecule has 2 aliphatic carbocycles. The molecule has 7 nitrogen and oxygen atoms in total. The summed E-state index contributed by atoms with van der Waals surface area (Å²) in [6.07, 6.45) is 13.4. The summed E-state index contributed by atoms with van der Waals surface area (Å²) in [7, 11) is 2.10. The fraction of sp³-hybridized carbons (Fsp3) is 0.794. The van der Waals surface area contributed by atoms with E-state index in [4.69, 9.17) is 0 Å². The number of nitrogens with zero attached hydrogens (tertiary/aromatic N) is 2. The van der Waals surface area contributed by atoms with Crippen LogP contribution in [-0.4, -0.2) is 71.8 Å². The van der Waals surface area contributed by atoms with E-state index in [0.29, 0.717) is 44.2 Å². The van der Waals surface area contributed by atoms with Gasteiger partial charge in [-0.15, -0.1) is 0 Å². The molecule has 3 heterocycles. The zero-order valence-corrected chi connectivity index (χ0v) is 26.9. The number of halogens is 1. The van der Waals surface area contributed by atoms with Gasteiger partial charge in [0.05, 0.1) is 17.2 Å². The zero-order valence-electron chi connectivity index (χ0n) is 26.9. The molecule has 2 bridgehead atoms. The SMILES string of the molecule is C/C(F)=C\C=C(/C)C[C@@H](NC(=O)C1C[C@H]2CC[C@@H]1N(C)C2)C(=O)N1CCC(C(=O)NC(C)(C)C)(C2CCCCC2)CC1. The predicted octanol–water partition coefficient (Wildman–Crippen LogP) is 5.52. The van der Waals surface area contributed by atoms with Crippen LogP contribution in [0.4, 0.5) is 4.39 Å². The molecule has 5 fully saturated rings. The number of allylic oxidation sites excluding steroid dienone is 3. The molecule has 1 unspecified atom stereocenters. The van der Waals surface area contributed by atoms with Gasteiger partial charge in [0.1, 0.15) is 6.04 Å². The Morgan fingerprint density at radius 3 is 2.24 bits per heavy atom. The lowest BCUT2D eigenvalue weighted by atomic mass is 9.63. The third-order valence-corrected chi connectivity index (χ3v) is 10.4. The number of hydrogen-bond acceptors (Lipinski definition) is 4. The molecule has 5 rings (SSSR count). The molecule has 5 aliphatic rings. The summed E-state index contributed by atoms with van der Waals surface area (Å²) in [5, 5.41) is 6.43. The summed E-state index contributed by atoms with van der Waals surface area (Å²) in [6.45, 7) is 11.4. The molecule has 3 saturated heterocycles. The number of carbonyl (C=O) groups is 3. The first-order valence-corrected chi connectivity index (χ1v) is 16.4. The molecule has 2 saturated carbocycles. The van der Waals surface area contributed by atoms with E-state index in [1.165, 1.54) is 19.4 Å². The molecule has 4 atom stereocenters. The topological polar surface area (TPSA) is 81.8 Å². The molecule has 0 aromatic carbocycles. The number of amides is 3. The van der Waals surface area contributed by atoms with Crippen molar-refractivity contribution < 1.29 is 18.8 Å². The van der Waals surface area contributed by atoms with Crippen molar-refractivity contribution in [3.63, 3.8) is 0 Å². The highest BCUT2D eigenvalue weighted by molar-refractivity contribution is 5.90. The highest BCUT2D eigenvalue weighted by atomic mass is 19.1. The van der Waals surface area contributed by atoms with Crippen molar-refractivity contribution in [2.75, 3.05) is 26.7 Å². The van der Waals surface area contributed by atoms with Gasteiger partial charge in [0.15, 0.2) is 0 Å². The van der Waals surface area contributed by atoms with Gasteiger partial charge in [-0.25, -0.2) is 4.39 Å². The lowest BCUT2D eigenvalue weighted by Crippen LogP contribution is -2.60. The van der Waals surface area contributed by atoms with Crippen molar-refractivity contribution in [1.82, 2.24) is 20.4 Å². The van der Waals surface area contributed by atoms with Gasteiger partial charge in [0, 0.05) is 31.2 Å². The smallest absolute Gasteiger partial charge is 0.245 e. The maximum Gasteiger partial charge on any atom is 0.245 e. The minimum Gasteiger partial charge on any atom is -0.351 e. The second-order valence-corrected chi connectivity index (χ2v) is 14.8. The van der Waals surface area contributed by atoms with E-state index in [-0.39, 0.29) is 41.0 Å². The third-order valence-electron chi connectivity index (χ3n) is 10.4. The average molecular weight is 587 g/mol. The van der Waals surface area contributed by atoms with Crippen molar-refractivity contribution in [3.05, 3.63) is 23.6 Å². The Bertz CT molecular complexity index is 1050. The number of hydrogen-bond donors (Lipinski definition) is 2. The summed E-state index contributed by atoms with van der Waals surface area (Å²) in [6, 6.07) is -0.495. The van der Waals surface area contributed by atoms with E-state index in [1.54, 1.807) is 6.08 Å². The van der Waals surface area contributed by atoms with Crippen molar-refractivity contribution in [1.29, 1.82) is 0 Å². The summed E-state index contributed by atoms with van der Waals surface area (Å²) >= 11 is 0. The van der Waals surface area contributed by atoms with Crippen LogP contribution < -0.4 is 10.6 Å². The first kappa shape index (κ1) is 32.7. The molecule has 3 aliphatic heterocycles. The van der Waals surface area contributed by atoms with Gasteiger partial charge in [-0.05, 0) is 111 Å². The first-order chi connectivity index (χ1) is 19.8. The summed E-state index contributed by atoms with van der Waals surface area (Å²) in [5.74, 6) is 0.432. The minimum atomic E-state index is -0.710. The maximum atomic E-state index is 14.1. The van der Waals surface area contributed by atoms with E-state index >= 15 is 0 Å². The number of piperidine rings is 3. The minimum absolute atomic E-state index is 0.0438. The van der Waals surface area contributed by atoms with Gasteiger partial charge in [0.25, 0.3) is 0 Å². The third kappa shape index (κ3) is 7.83. The van der Waals surface area contributed by atoms with E-state index in [9.17, 15) is 18.8 Å². The van der Waals surface area contributed by atoms with Crippen LogP contribution in [0.2, 0.25) is 0 Å². The lowest BCUT2D eigenvalue weighted by molar-refractivity contribution is -0.148. The summed E-state index contributed by atoms with van der Waals surface area (Å²) in [5.41, 5.74) is 0.0596. The quantitative estimate of drug-likeness (QED) is 0.367. The fourth-order valence-electron chi connectivity index (χ4n) is 8.17. The average Bonchev–Trinajstić information content (AvgIpc) is 2.95. The number of likely N-dealkylation sites (tertiary alicyclic amines) is 1. The zero-order chi connectivity index (χ0) is 30.7. The monoisotopic (exact) mass is 586 g/mol. The van der Waals surface area contributed by atoms with E-state index < -0.39 is 11.5 Å². The highest BCUT2D eigenvalue weighted by Crippen LogP contribution is 2.46. The van der Waals surface area contributed by atoms with Gasteiger partial charge >= 0.3 is 0 Å². The van der Waals surface area contributed by atoms with Gasteiger partial charge < -0.3 is 20.4 Å². The van der Waals surface area contributed by atoms with Crippen LogP contribution in [0.1, 0.15) is 105 Å². The standard InChI is InChI=1S/C34H55FN4O3/c1-23(12-13-24(2)35)20-28(36-30(40)27-21-25-14-15-29(27)38(6)22-25)31(41)39-18-16-34(17-19-39,26-10-8-7-9-11-26)32(42)37-33(3,4)5/h12-13,25-29H,7-11,14-22H2,1-6H3,(H,36,40)(H,37,42)/b23-12+,24-13+/t25-,27?,28-,29+/m1/s1. The molecule has 236 valence electrons. The number of carbonyl (C=O) groups excluding carboxylic acids is 3. The molecular weight excluding hydrogens is 531 g/mol. The van der Waals surface area contributed by atoms with Gasteiger partial charge in [-0.2, -0.15) is 0 Å². The van der Waals surface area contributed by atoms with Crippen LogP contribution in [0, 0.1) is 23.2 Å². The Labute approximate surface area is 253 Å². The van der Waals surface area contributed by atoms with Crippen LogP contribution in [0.25, 0.3) is 0 Å². The van der Waals surface area contributed by atoms with E-state index in [0.717, 1.165) is 57.1 Å². The second-order valence-electron chi connectivity index (χ2n) is 14.8. The fourth-order valence-corrected chi connectivity index (χ4v) is 8.17.